The van der Waals surface area contributed by atoms with Gasteiger partial charge in [-0.05, 0) is 36.4 Å². The van der Waals surface area contributed by atoms with Crippen LogP contribution in [0.4, 0.5) is 10.1 Å². The number of rotatable bonds is 4. The molecule has 0 spiro atoms. The van der Waals surface area contributed by atoms with Crippen LogP contribution in [0.1, 0.15) is 22.8 Å². The van der Waals surface area contributed by atoms with E-state index in [0.717, 1.165) is 0 Å². The van der Waals surface area contributed by atoms with E-state index in [4.69, 9.17) is 4.74 Å². The van der Waals surface area contributed by atoms with Crippen LogP contribution in [0.2, 0.25) is 0 Å². The summed E-state index contributed by atoms with van der Waals surface area (Å²) < 4.78 is 18.8. The first-order valence-electron chi connectivity index (χ1n) is 6.27. The minimum absolute atomic E-state index is 0.0249. The van der Waals surface area contributed by atoms with Gasteiger partial charge >= 0.3 is 0 Å². The van der Waals surface area contributed by atoms with Crippen molar-refractivity contribution in [3.05, 3.63) is 59.4 Å². The zero-order valence-corrected chi connectivity index (χ0v) is 11.6. The zero-order valence-electron chi connectivity index (χ0n) is 11.6. The van der Waals surface area contributed by atoms with Crippen LogP contribution < -0.4 is 10.1 Å². The largest absolute Gasteiger partial charge is 0.497 e. The van der Waals surface area contributed by atoms with E-state index in [9.17, 15) is 14.0 Å². The molecule has 0 aliphatic rings. The van der Waals surface area contributed by atoms with Gasteiger partial charge in [0.1, 0.15) is 11.6 Å². The third kappa shape index (κ3) is 3.45. The van der Waals surface area contributed by atoms with Crippen LogP contribution >= 0.6 is 0 Å². The van der Waals surface area contributed by atoms with Crippen molar-refractivity contribution in [2.24, 2.45) is 0 Å². The van der Waals surface area contributed by atoms with E-state index in [1.807, 2.05) is 0 Å². The average molecular weight is 287 g/mol. The molecule has 0 saturated carbocycles. The fourth-order valence-electron chi connectivity index (χ4n) is 1.87. The number of carbonyl (C=O) groups is 2. The van der Waals surface area contributed by atoms with Crippen LogP contribution in [-0.2, 0) is 4.79 Å². The molecule has 0 bridgehead atoms. The fourth-order valence-corrected chi connectivity index (χ4v) is 1.87. The van der Waals surface area contributed by atoms with E-state index in [1.165, 1.54) is 44.4 Å². The highest BCUT2D eigenvalue weighted by Crippen LogP contribution is 2.20. The number of ketones is 1. The van der Waals surface area contributed by atoms with E-state index in [2.05, 4.69) is 5.32 Å². The van der Waals surface area contributed by atoms with Crippen molar-refractivity contribution in [2.45, 2.75) is 6.92 Å². The maximum atomic E-state index is 13.9. The summed E-state index contributed by atoms with van der Waals surface area (Å²) in [6, 6.07) is 10.3. The van der Waals surface area contributed by atoms with Crippen molar-refractivity contribution in [1.29, 1.82) is 0 Å². The highest BCUT2D eigenvalue weighted by atomic mass is 19.1. The fraction of sp³-hybridized carbons (Fsp3) is 0.125. The third-order valence-electron chi connectivity index (χ3n) is 2.89. The molecule has 0 unspecified atom stereocenters. The minimum Gasteiger partial charge on any atom is -0.497 e. The molecule has 1 amide bonds. The van der Waals surface area contributed by atoms with Crippen LogP contribution in [0.5, 0.6) is 5.75 Å². The van der Waals surface area contributed by atoms with Crippen molar-refractivity contribution >= 4 is 17.4 Å². The van der Waals surface area contributed by atoms with Gasteiger partial charge in [-0.15, -0.1) is 0 Å². The number of amides is 1. The lowest BCUT2D eigenvalue weighted by Gasteiger charge is -2.06. The monoisotopic (exact) mass is 287 g/mol. The number of hydrogen-bond acceptors (Lipinski definition) is 3. The van der Waals surface area contributed by atoms with Crippen molar-refractivity contribution in [3.8, 4) is 5.75 Å². The zero-order chi connectivity index (χ0) is 15.4. The Morgan fingerprint density at radius 1 is 1.10 bits per heavy atom. The van der Waals surface area contributed by atoms with E-state index in [0.29, 0.717) is 17.0 Å². The molecule has 0 aromatic heterocycles. The number of carbonyl (C=O) groups excluding carboxylic acids is 2. The molecule has 0 atom stereocenters. The van der Waals surface area contributed by atoms with E-state index >= 15 is 0 Å². The molecule has 0 saturated heterocycles. The molecule has 0 radical (unpaired) electrons. The molecule has 21 heavy (non-hydrogen) atoms. The Bertz CT molecular complexity index is 680. The number of halogens is 1. The standard InChI is InChI=1S/C16H14FNO3/c1-10(19)18-12-5-3-11(4-6-12)16(20)14-8-7-13(21-2)9-15(14)17/h3-9H,1-2H3,(H,18,19). The van der Waals surface area contributed by atoms with Crippen molar-refractivity contribution in [2.75, 3.05) is 12.4 Å². The van der Waals surface area contributed by atoms with E-state index in [-0.39, 0.29) is 11.5 Å². The van der Waals surface area contributed by atoms with Crippen molar-refractivity contribution < 1.29 is 18.7 Å². The van der Waals surface area contributed by atoms with Gasteiger partial charge in [-0.3, -0.25) is 9.59 Å². The Kier molecular flexibility index (Phi) is 4.33. The topological polar surface area (TPSA) is 55.4 Å². The first-order chi connectivity index (χ1) is 10.0. The number of nitrogens with one attached hydrogen (secondary N) is 1. The Balaban J connectivity index is 2.25. The number of anilines is 1. The molecule has 0 heterocycles. The SMILES string of the molecule is COc1ccc(C(=O)c2ccc(NC(C)=O)cc2)c(F)c1. The molecule has 2 aromatic carbocycles. The normalized spacial score (nSPS) is 10.0. The molecular weight excluding hydrogens is 273 g/mol. The van der Waals surface area contributed by atoms with E-state index < -0.39 is 11.6 Å². The lowest BCUT2D eigenvalue weighted by molar-refractivity contribution is -0.114. The first kappa shape index (κ1) is 14.7. The Hall–Kier alpha value is -2.69. The predicted octanol–water partition coefficient (Wildman–Crippen LogP) is 3.02. The molecule has 0 aliphatic heterocycles. The van der Waals surface area contributed by atoms with Gasteiger partial charge in [0.05, 0.1) is 12.7 Å². The molecule has 108 valence electrons. The number of ether oxygens (including phenoxy) is 1. The van der Waals surface area contributed by atoms with Crippen LogP contribution in [0.15, 0.2) is 42.5 Å². The molecule has 5 heteroatoms. The molecule has 0 aliphatic carbocycles. The molecule has 2 rings (SSSR count). The van der Waals surface area contributed by atoms with Crippen molar-refractivity contribution in [3.63, 3.8) is 0 Å². The summed E-state index contributed by atoms with van der Waals surface area (Å²) in [5.74, 6) is -0.907. The Morgan fingerprint density at radius 3 is 2.29 bits per heavy atom. The molecular formula is C16H14FNO3. The highest BCUT2D eigenvalue weighted by molar-refractivity contribution is 6.09. The second-order valence-electron chi connectivity index (χ2n) is 4.43. The second kappa shape index (κ2) is 6.17. The smallest absolute Gasteiger partial charge is 0.221 e. The van der Waals surface area contributed by atoms with Gasteiger partial charge in [-0.2, -0.15) is 0 Å². The lowest BCUT2D eigenvalue weighted by Crippen LogP contribution is -2.07. The molecule has 1 N–H and O–H groups in total. The summed E-state index contributed by atoms with van der Waals surface area (Å²) >= 11 is 0. The van der Waals surface area contributed by atoms with Crippen LogP contribution in [0, 0.1) is 5.82 Å². The van der Waals surface area contributed by atoms with Gasteiger partial charge in [0.2, 0.25) is 5.91 Å². The number of hydrogen-bond donors (Lipinski definition) is 1. The maximum absolute atomic E-state index is 13.9. The van der Waals surface area contributed by atoms with Gasteiger partial charge in [0.15, 0.2) is 5.78 Å². The summed E-state index contributed by atoms with van der Waals surface area (Å²) in [6.45, 7) is 1.39. The quantitative estimate of drug-likeness (QED) is 0.879. The molecule has 0 fully saturated rings. The minimum atomic E-state index is -0.634. The summed E-state index contributed by atoms with van der Waals surface area (Å²) in [5.41, 5.74) is 0.894. The predicted molar refractivity (Wildman–Crippen MR) is 77.1 cm³/mol. The average Bonchev–Trinajstić information content (AvgIpc) is 2.46. The van der Waals surface area contributed by atoms with Crippen LogP contribution in [-0.4, -0.2) is 18.8 Å². The Labute approximate surface area is 121 Å². The van der Waals surface area contributed by atoms with Gasteiger partial charge in [0.25, 0.3) is 0 Å². The summed E-state index contributed by atoms with van der Waals surface area (Å²) in [5, 5.41) is 2.60. The summed E-state index contributed by atoms with van der Waals surface area (Å²) in [4.78, 5) is 23.2. The molecule has 4 nitrogen and oxygen atoms in total. The second-order valence-corrected chi connectivity index (χ2v) is 4.43. The third-order valence-corrected chi connectivity index (χ3v) is 2.89. The maximum Gasteiger partial charge on any atom is 0.221 e. The van der Waals surface area contributed by atoms with Gasteiger partial charge in [-0.1, -0.05) is 0 Å². The number of benzene rings is 2. The van der Waals surface area contributed by atoms with Crippen molar-refractivity contribution in [1.82, 2.24) is 0 Å². The van der Waals surface area contributed by atoms with Crippen LogP contribution in [0.25, 0.3) is 0 Å². The van der Waals surface area contributed by atoms with E-state index in [1.54, 1.807) is 12.1 Å². The Morgan fingerprint density at radius 2 is 1.76 bits per heavy atom. The summed E-state index contributed by atoms with van der Waals surface area (Å²) in [6.07, 6.45) is 0. The van der Waals surface area contributed by atoms with Gasteiger partial charge < -0.3 is 10.1 Å². The number of methoxy groups -OCH3 is 1. The first-order valence-corrected chi connectivity index (χ1v) is 6.27. The van der Waals surface area contributed by atoms with Gasteiger partial charge in [-0.25, -0.2) is 4.39 Å². The lowest BCUT2D eigenvalue weighted by atomic mass is 10.0. The molecule has 2 aromatic rings. The van der Waals surface area contributed by atoms with Gasteiger partial charge in [0, 0.05) is 24.2 Å². The highest BCUT2D eigenvalue weighted by Gasteiger charge is 2.14. The van der Waals surface area contributed by atoms with Crippen LogP contribution in [0.3, 0.4) is 0 Å². The summed E-state index contributed by atoms with van der Waals surface area (Å²) in [7, 11) is 1.43.